The Labute approximate surface area is 179 Å². The van der Waals surface area contributed by atoms with Crippen molar-refractivity contribution in [1.82, 2.24) is 9.97 Å². The molecular formula is C22H21N5O4. The molecule has 158 valence electrons. The third kappa shape index (κ3) is 3.29. The number of carboxylic acids is 1. The lowest BCUT2D eigenvalue weighted by molar-refractivity contribution is 0.0696. The van der Waals surface area contributed by atoms with Crippen LogP contribution in [0.5, 0.6) is 5.75 Å². The van der Waals surface area contributed by atoms with Crippen LogP contribution in [0.2, 0.25) is 0 Å². The van der Waals surface area contributed by atoms with Crippen LogP contribution in [0.15, 0.2) is 48.7 Å². The summed E-state index contributed by atoms with van der Waals surface area (Å²) in [4.78, 5) is 38.5. The molecule has 9 nitrogen and oxygen atoms in total. The number of carboxylic acid groups (broad SMARTS) is 1. The summed E-state index contributed by atoms with van der Waals surface area (Å²) in [5.74, 6) is 0.136. The fraction of sp³-hybridized carbons (Fsp3) is 0.182. The van der Waals surface area contributed by atoms with Crippen molar-refractivity contribution >= 4 is 40.7 Å². The van der Waals surface area contributed by atoms with Gasteiger partial charge in [-0.1, -0.05) is 12.1 Å². The monoisotopic (exact) mass is 419 g/mol. The topological polar surface area (TPSA) is 99.1 Å². The van der Waals surface area contributed by atoms with Crippen LogP contribution in [0.3, 0.4) is 0 Å². The summed E-state index contributed by atoms with van der Waals surface area (Å²) in [6.45, 7) is 0. The second-order valence-corrected chi connectivity index (χ2v) is 7.07. The number of ether oxygens (including phenoxy) is 1. The van der Waals surface area contributed by atoms with Crippen molar-refractivity contribution in [3.63, 3.8) is 0 Å². The molecule has 2 aromatic carbocycles. The molecule has 3 aromatic rings. The normalized spacial score (nSPS) is 12.7. The minimum Gasteiger partial charge on any atom is -0.495 e. The first-order chi connectivity index (χ1) is 14.8. The average molecular weight is 419 g/mol. The van der Waals surface area contributed by atoms with Gasteiger partial charge in [0.2, 0.25) is 5.95 Å². The summed E-state index contributed by atoms with van der Waals surface area (Å²) >= 11 is 0. The summed E-state index contributed by atoms with van der Waals surface area (Å²) in [6, 6.07) is 11.9. The van der Waals surface area contributed by atoms with Gasteiger partial charge in [-0.05, 0) is 30.3 Å². The Morgan fingerprint density at radius 2 is 1.84 bits per heavy atom. The van der Waals surface area contributed by atoms with E-state index in [-0.39, 0.29) is 11.5 Å². The number of nitrogens with zero attached hydrogens (tertiary/aromatic N) is 5. The number of methoxy groups -OCH3 is 1. The number of carbonyl (C=O) groups excluding carboxylic acids is 1. The number of rotatable bonds is 4. The van der Waals surface area contributed by atoms with Crippen molar-refractivity contribution in [2.24, 2.45) is 0 Å². The molecule has 0 radical (unpaired) electrons. The highest BCUT2D eigenvalue weighted by molar-refractivity contribution is 6.13. The molecule has 0 unspecified atom stereocenters. The van der Waals surface area contributed by atoms with Crippen LogP contribution >= 0.6 is 0 Å². The second-order valence-electron chi connectivity index (χ2n) is 7.07. The van der Waals surface area contributed by atoms with Gasteiger partial charge in [0.1, 0.15) is 11.4 Å². The molecule has 0 saturated carbocycles. The number of anilines is 5. The van der Waals surface area contributed by atoms with Crippen molar-refractivity contribution in [2.45, 2.75) is 0 Å². The molecule has 0 atom stereocenters. The molecule has 9 heteroatoms. The van der Waals surface area contributed by atoms with Gasteiger partial charge in [-0.2, -0.15) is 4.98 Å². The van der Waals surface area contributed by atoms with Crippen LogP contribution in [0, 0.1) is 0 Å². The fourth-order valence-corrected chi connectivity index (χ4v) is 3.55. The summed E-state index contributed by atoms with van der Waals surface area (Å²) in [5.41, 5.74) is 2.62. The molecule has 2 heterocycles. The Morgan fingerprint density at radius 1 is 1.10 bits per heavy atom. The molecule has 4 rings (SSSR count). The maximum atomic E-state index is 12.9. The largest absolute Gasteiger partial charge is 0.495 e. The zero-order valence-corrected chi connectivity index (χ0v) is 17.5. The van der Waals surface area contributed by atoms with Gasteiger partial charge in [0.15, 0.2) is 5.82 Å². The average Bonchev–Trinajstić information content (AvgIpc) is 2.88. The van der Waals surface area contributed by atoms with Crippen molar-refractivity contribution in [3.05, 3.63) is 59.8 Å². The zero-order chi connectivity index (χ0) is 22.3. The first kappa shape index (κ1) is 20.1. The Hall–Kier alpha value is -4.14. The summed E-state index contributed by atoms with van der Waals surface area (Å²) in [5, 5.41) is 9.23. The third-order valence-corrected chi connectivity index (χ3v) is 5.30. The predicted molar refractivity (Wildman–Crippen MR) is 117 cm³/mol. The molecule has 1 aliphatic rings. The minimum atomic E-state index is -1.04. The molecule has 1 aromatic heterocycles. The van der Waals surface area contributed by atoms with E-state index in [1.807, 2.05) is 30.1 Å². The van der Waals surface area contributed by atoms with E-state index in [0.29, 0.717) is 34.5 Å². The van der Waals surface area contributed by atoms with Crippen LogP contribution in [0.4, 0.5) is 28.8 Å². The highest BCUT2D eigenvalue weighted by Gasteiger charge is 2.29. The van der Waals surface area contributed by atoms with Crippen LogP contribution in [0.25, 0.3) is 0 Å². The number of para-hydroxylation sites is 1. The van der Waals surface area contributed by atoms with E-state index >= 15 is 0 Å². The molecule has 31 heavy (non-hydrogen) atoms. The second kappa shape index (κ2) is 7.60. The maximum Gasteiger partial charge on any atom is 0.335 e. The van der Waals surface area contributed by atoms with E-state index in [4.69, 9.17) is 9.72 Å². The van der Waals surface area contributed by atoms with Crippen molar-refractivity contribution in [1.29, 1.82) is 0 Å². The molecule has 0 bridgehead atoms. The van der Waals surface area contributed by atoms with E-state index in [2.05, 4.69) is 4.98 Å². The Kier molecular flexibility index (Phi) is 4.94. The Morgan fingerprint density at radius 3 is 2.55 bits per heavy atom. The number of aromatic carboxylic acids is 1. The van der Waals surface area contributed by atoms with Gasteiger partial charge in [-0.15, -0.1) is 0 Å². The molecule has 1 aliphatic heterocycles. The lowest BCUT2D eigenvalue weighted by atomic mass is 10.1. The van der Waals surface area contributed by atoms with Crippen molar-refractivity contribution in [2.75, 3.05) is 43.0 Å². The SMILES string of the molecule is COc1cc(C(=O)O)ccc1N(C)c1ncc2c(n1)N(C)c1ccccc1C(=O)N2C. The fourth-order valence-electron chi connectivity index (χ4n) is 3.55. The van der Waals surface area contributed by atoms with E-state index in [0.717, 1.165) is 5.69 Å². The van der Waals surface area contributed by atoms with Crippen LogP contribution in [0.1, 0.15) is 20.7 Å². The molecule has 1 amide bonds. The van der Waals surface area contributed by atoms with Gasteiger partial charge in [0.05, 0.1) is 35.8 Å². The summed E-state index contributed by atoms with van der Waals surface area (Å²) in [7, 11) is 6.78. The van der Waals surface area contributed by atoms with Crippen molar-refractivity contribution < 1.29 is 19.4 Å². The number of carbonyl (C=O) groups is 2. The van der Waals surface area contributed by atoms with Crippen LogP contribution in [-0.4, -0.2) is 55.2 Å². The number of aromatic nitrogens is 2. The summed E-state index contributed by atoms with van der Waals surface area (Å²) < 4.78 is 5.39. The Bertz CT molecular complexity index is 1200. The van der Waals surface area contributed by atoms with Crippen LogP contribution < -0.4 is 19.4 Å². The smallest absolute Gasteiger partial charge is 0.335 e. The molecule has 0 spiro atoms. The van der Waals surface area contributed by atoms with Crippen molar-refractivity contribution in [3.8, 4) is 5.75 Å². The number of benzene rings is 2. The van der Waals surface area contributed by atoms with Gasteiger partial charge in [0, 0.05) is 21.1 Å². The number of hydrogen-bond acceptors (Lipinski definition) is 7. The molecular weight excluding hydrogens is 398 g/mol. The van der Waals surface area contributed by atoms with Crippen LogP contribution in [-0.2, 0) is 0 Å². The van der Waals surface area contributed by atoms with Gasteiger partial charge < -0.3 is 24.5 Å². The third-order valence-electron chi connectivity index (χ3n) is 5.30. The van der Waals surface area contributed by atoms with E-state index < -0.39 is 5.97 Å². The minimum absolute atomic E-state index is 0.119. The molecule has 0 aliphatic carbocycles. The predicted octanol–water partition coefficient (Wildman–Crippen LogP) is 3.31. The highest BCUT2D eigenvalue weighted by atomic mass is 16.5. The zero-order valence-electron chi connectivity index (χ0n) is 17.5. The number of amides is 1. The van der Waals surface area contributed by atoms with Gasteiger partial charge in [-0.3, -0.25) is 4.79 Å². The lowest BCUT2D eigenvalue weighted by Gasteiger charge is -2.24. The number of hydrogen-bond donors (Lipinski definition) is 1. The quantitative estimate of drug-likeness (QED) is 0.688. The van der Waals surface area contributed by atoms with E-state index in [1.165, 1.54) is 24.1 Å². The standard InChI is InChI=1S/C22H21N5O4/c1-25-15-8-6-5-7-14(15)20(28)26(2)17-12-23-22(24-19(17)25)27(3)16-10-9-13(21(29)30)11-18(16)31-4/h5-12H,1-4H3,(H,29,30). The highest BCUT2D eigenvalue weighted by Crippen LogP contribution is 2.39. The van der Waals surface area contributed by atoms with Gasteiger partial charge in [-0.25, -0.2) is 9.78 Å². The van der Waals surface area contributed by atoms with Gasteiger partial charge in [0.25, 0.3) is 5.91 Å². The lowest BCUT2D eigenvalue weighted by Crippen LogP contribution is -2.26. The number of fused-ring (bicyclic) bond motifs is 2. The molecule has 0 saturated heterocycles. The first-order valence-electron chi connectivity index (χ1n) is 9.46. The molecule has 1 N–H and O–H groups in total. The first-order valence-corrected chi connectivity index (χ1v) is 9.46. The maximum absolute atomic E-state index is 12.9. The molecule has 0 fully saturated rings. The summed E-state index contributed by atoms with van der Waals surface area (Å²) in [6.07, 6.45) is 1.60. The van der Waals surface area contributed by atoms with E-state index in [1.54, 1.807) is 37.3 Å². The Balaban J connectivity index is 1.81. The van der Waals surface area contributed by atoms with E-state index in [9.17, 15) is 14.7 Å². The van der Waals surface area contributed by atoms with Gasteiger partial charge >= 0.3 is 5.97 Å².